The van der Waals surface area contributed by atoms with Crippen molar-refractivity contribution in [1.82, 2.24) is 19.9 Å². The van der Waals surface area contributed by atoms with Crippen LogP contribution in [0.2, 0.25) is 0 Å². The van der Waals surface area contributed by atoms with Gasteiger partial charge >= 0.3 is 0 Å². The fourth-order valence-electron chi connectivity index (χ4n) is 4.42. The molecule has 1 saturated heterocycles. The van der Waals surface area contributed by atoms with Crippen molar-refractivity contribution in [2.75, 3.05) is 32.0 Å². The molecule has 1 fully saturated rings. The Kier molecular flexibility index (Phi) is 7.45. The van der Waals surface area contributed by atoms with Gasteiger partial charge in [-0.15, -0.1) is 0 Å². The summed E-state index contributed by atoms with van der Waals surface area (Å²) >= 11 is 0. The van der Waals surface area contributed by atoms with Crippen LogP contribution in [0.25, 0.3) is 21.9 Å². The Balaban J connectivity index is 1.34. The number of fused-ring (bicyclic) bond motifs is 3. The van der Waals surface area contributed by atoms with E-state index in [1.165, 1.54) is 5.56 Å². The molecule has 0 bridgehead atoms. The molecule has 0 saturated carbocycles. The number of likely N-dealkylation sites (tertiary alicyclic amines) is 1. The van der Waals surface area contributed by atoms with Gasteiger partial charge < -0.3 is 25.1 Å². The number of aromatic nitrogens is 3. The number of rotatable bonds is 9. The number of aryl methyl sites for hydroxylation is 1. The molecule has 2 aromatic heterocycles. The number of carbonyl (C=O) groups is 1. The van der Waals surface area contributed by atoms with E-state index in [-0.39, 0.29) is 17.9 Å². The second-order valence-electron chi connectivity index (χ2n) is 9.05. The minimum atomic E-state index is 0.0648. The van der Waals surface area contributed by atoms with Crippen molar-refractivity contribution in [3.63, 3.8) is 0 Å². The van der Waals surface area contributed by atoms with Crippen LogP contribution in [0.4, 0.5) is 5.82 Å². The Morgan fingerprint density at radius 3 is 2.79 bits per heavy atom. The molecule has 0 radical (unpaired) electrons. The first-order valence-corrected chi connectivity index (χ1v) is 12.0. The quantitative estimate of drug-likeness (QED) is 0.477. The molecule has 1 aromatic carbocycles. The number of aromatic amines is 1. The van der Waals surface area contributed by atoms with Gasteiger partial charge in [0, 0.05) is 37.6 Å². The Morgan fingerprint density at radius 1 is 1.27 bits per heavy atom. The van der Waals surface area contributed by atoms with Crippen molar-refractivity contribution in [3.05, 3.63) is 29.6 Å². The zero-order valence-corrected chi connectivity index (χ0v) is 19.9. The molecule has 0 aliphatic carbocycles. The SMILES string of the molecule is CCOCc1nc2c([nH]1)c(N)nc1ccc(CCCOC3CCN(C(=O)C(C)C)CC3)cc12. The van der Waals surface area contributed by atoms with Gasteiger partial charge in [-0.3, -0.25) is 4.79 Å². The van der Waals surface area contributed by atoms with E-state index in [0.717, 1.165) is 73.1 Å². The van der Waals surface area contributed by atoms with Crippen molar-refractivity contribution >= 4 is 33.7 Å². The van der Waals surface area contributed by atoms with Gasteiger partial charge in [0.15, 0.2) is 0 Å². The van der Waals surface area contributed by atoms with Crippen molar-refractivity contribution in [2.24, 2.45) is 5.92 Å². The molecule has 0 spiro atoms. The van der Waals surface area contributed by atoms with Crippen LogP contribution in [0.3, 0.4) is 0 Å². The number of anilines is 1. The van der Waals surface area contributed by atoms with E-state index in [2.05, 4.69) is 22.1 Å². The van der Waals surface area contributed by atoms with E-state index in [9.17, 15) is 4.79 Å². The predicted molar refractivity (Wildman–Crippen MR) is 130 cm³/mol. The first kappa shape index (κ1) is 23.4. The molecule has 0 atom stereocenters. The average molecular weight is 454 g/mol. The maximum Gasteiger partial charge on any atom is 0.225 e. The van der Waals surface area contributed by atoms with Crippen LogP contribution in [0.15, 0.2) is 18.2 Å². The van der Waals surface area contributed by atoms with Gasteiger partial charge in [-0.25, -0.2) is 9.97 Å². The number of piperidine rings is 1. The minimum absolute atomic E-state index is 0.0648. The first-order valence-electron chi connectivity index (χ1n) is 12.0. The molecule has 0 unspecified atom stereocenters. The van der Waals surface area contributed by atoms with Gasteiger partial charge in [-0.1, -0.05) is 19.9 Å². The Morgan fingerprint density at radius 2 is 2.06 bits per heavy atom. The average Bonchev–Trinajstić information content (AvgIpc) is 3.26. The van der Waals surface area contributed by atoms with Crippen LogP contribution >= 0.6 is 0 Å². The van der Waals surface area contributed by atoms with E-state index in [4.69, 9.17) is 20.2 Å². The highest BCUT2D eigenvalue weighted by Gasteiger charge is 2.24. The lowest BCUT2D eigenvalue weighted by Crippen LogP contribution is -2.42. The van der Waals surface area contributed by atoms with E-state index >= 15 is 0 Å². The lowest BCUT2D eigenvalue weighted by molar-refractivity contribution is -0.137. The number of H-pyrrole nitrogens is 1. The topological polar surface area (TPSA) is 106 Å². The van der Waals surface area contributed by atoms with Crippen molar-refractivity contribution in [2.45, 2.75) is 59.2 Å². The molecule has 1 amide bonds. The third-order valence-electron chi connectivity index (χ3n) is 6.22. The Labute approximate surface area is 194 Å². The minimum Gasteiger partial charge on any atom is -0.382 e. The van der Waals surface area contributed by atoms with Crippen LogP contribution in [0.5, 0.6) is 0 Å². The molecule has 4 rings (SSSR count). The number of amides is 1. The number of hydrogen-bond acceptors (Lipinski definition) is 6. The zero-order chi connectivity index (χ0) is 23.4. The third kappa shape index (κ3) is 5.45. The van der Waals surface area contributed by atoms with E-state index in [0.29, 0.717) is 19.0 Å². The van der Waals surface area contributed by atoms with Crippen LogP contribution in [0.1, 0.15) is 51.4 Å². The van der Waals surface area contributed by atoms with E-state index < -0.39 is 0 Å². The van der Waals surface area contributed by atoms with Gasteiger partial charge in [-0.2, -0.15) is 0 Å². The smallest absolute Gasteiger partial charge is 0.225 e. The number of benzene rings is 1. The summed E-state index contributed by atoms with van der Waals surface area (Å²) in [5.74, 6) is 1.52. The second-order valence-corrected chi connectivity index (χ2v) is 9.05. The molecule has 178 valence electrons. The second kappa shape index (κ2) is 10.5. The largest absolute Gasteiger partial charge is 0.382 e. The summed E-state index contributed by atoms with van der Waals surface area (Å²) < 4.78 is 11.6. The van der Waals surface area contributed by atoms with Crippen molar-refractivity contribution in [1.29, 1.82) is 0 Å². The highest BCUT2D eigenvalue weighted by molar-refractivity contribution is 6.06. The first-order chi connectivity index (χ1) is 16.0. The van der Waals surface area contributed by atoms with E-state index in [1.54, 1.807) is 0 Å². The van der Waals surface area contributed by atoms with Crippen LogP contribution in [0, 0.1) is 5.92 Å². The maximum absolute atomic E-state index is 12.1. The molecule has 1 aliphatic rings. The summed E-state index contributed by atoms with van der Waals surface area (Å²) in [6.07, 6.45) is 3.95. The summed E-state index contributed by atoms with van der Waals surface area (Å²) in [5, 5.41) is 0.999. The number of imidazole rings is 1. The van der Waals surface area contributed by atoms with Crippen molar-refractivity contribution in [3.8, 4) is 0 Å². The Bertz CT molecular complexity index is 1100. The molecule has 1 aliphatic heterocycles. The standard InChI is InChI=1S/C25H35N5O3/c1-4-32-15-21-28-22-19-14-17(7-8-20(19)27-24(26)23(22)29-21)6-5-13-33-18-9-11-30(12-10-18)25(31)16(2)3/h7-8,14,16,18H,4-6,9-13,15H2,1-3H3,(H2,26,27)(H,28,29). The maximum atomic E-state index is 12.1. The molecule has 3 heterocycles. The number of hydrogen-bond donors (Lipinski definition) is 2. The number of pyridine rings is 1. The molecular formula is C25H35N5O3. The fourth-order valence-corrected chi connectivity index (χ4v) is 4.42. The number of ether oxygens (including phenoxy) is 2. The van der Waals surface area contributed by atoms with Gasteiger partial charge in [0.05, 0.1) is 11.6 Å². The van der Waals surface area contributed by atoms with Gasteiger partial charge in [0.25, 0.3) is 0 Å². The van der Waals surface area contributed by atoms with Crippen molar-refractivity contribution < 1.29 is 14.3 Å². The molecule has 33 heavy (non-hydrogen) atoms. The van der Waals surface area contributed by atoms with Crippen LogP contribution < -0.4 is 5.73 Å². The number of carbonyl (C=O) groups excluding carboxylic acids is 1. The zero-order valence-electron chi connectivity index (χ0n) is 19.9. The summed E-state index contributed by atoms with van der Waals surface area (Å²) in [6.45, 7) is 9.25. The number of nitrogen functional groups attached to an aromatic ring is 1. The molecule has 3 aromatic rings. The third-order valence-corrected chi connectivity index (χ3v) is 6.22. The summed E-state index contributed by atoms with van der Waals surface area (Å²) in [6, 6.07) is 6.27. The lowest BCUT2D eigenvalue weighted by atomic mass is 10.0. The van der Waals surface area contributed by atoms with Crippen LogP contribution in [-0.2, 0) is 27.3 Å². The Hall–Kier alpha value is -2.71. The molecular weight excluding hydrogens is 418 g/mol. The highest BCUT2D eigenvalue weighted by Crippen LogP contribution is 2.27. The number of nitrogens with one attached hydrogen (secondary N) is 1. The normalized spacial score (nSPS) is 15.2. The lowest BCUT2D eigenvalue weighted by Gasteiger charge is -2.33. The molecule has 8 nitrogen and oxygen atoms in total. The number of nitrogens with zero attached hydrogens (tertiary/aromatic N) is 3. The van der Waals surface area contributed by atoms with Gasteiger partial charge in [-0.05, 0) is 50.3 Å². The summed E-state index contributed by atoms with van der Waals surface area (Å²) in [5.41, 5.74) is 9.83. The van der Waals surface area contributed by atoms with Gasteiger partial charge in [0.1, 0.15) is 29.3 Å². The van der Waals surface area contributed by atoms with Crippen LogP contribution in [-0.4, -0.2) is 58.2 Å². The summed E-state index contributed by atoms with van der Waals surface area (Å²) in [7, 11) is 0. The fraction of sp³-hybridized carbons (Fsp3) is 0.560. The monoisotopic (exact) mass is 453 g/mol. The number of nitrogens with two attached hydrogens (primary N) is 1. The molecule has 3 N–H and O–H groups in total. The summed E-state index contributed by atoms with van der Waals surface area (Å²) in [4.78, 5) is 26.6. The highest BCUT2D eigenvalue weighted by atomic mass is 16.5. The predicted octanol–water partition coefficient (Wildman–Crippen LogP) is 3.83. The van der Waals surface area contributed by atoms with E-state index in [1.807, 2.05) is 31.7 Å². The van der Waals surface area contributed by atoms with Gasteiger partial charge in [0.2, 0.25) is 5.91 Å². The molecule has 8 heteroatoms.